The molecule has 23 heavy (non-hydrogen) atoms. The maximum Gasteiger partial charge on any atom is 0.123 e. The van der Waals surface area contributed by atoms with Crippen molar-refractivity contribution in [3.63, 3.8) is 0 Å². The normalized spacial score (nSPS) is 18.0. The zero-order valence-corrected chi connectivity index (χ0v) is 13.6. The summed E-state index contributed by atoms with van der Waals surface area (Å²) < 4.78 is 13.6. The van der Waals surface area contributed by atoms with E-state index in [1.165, 1.54) is 16.7 Å². The second-order valence-electron chi connectivity index (χ2n) is 6.48. The molecule has 0 radical (unpaired) electrons. The van der Waals surface area contributed by atoms with Crippen molar-refractivity contribution in [3.8, 4) is 0 Å². The molecule has 0 fully saturated rings. The van der Waals surface area contributed by atoms with Crippen LogP contribution in [0.2, 0.25) is 0 Å². The van der Waals surface area contributed by atoms with Gasteiger partial charge in [0.05, 0.1) is 6.10 Å². The highest BCUT2D eigenvalue weighted by atomic mass is 19.1. The van der Waals surface area contributed by atoms with E-state index in [1.807, 2.05) is 13.1 Å². The fourth-order valence-corrected chi connectivity index (χ4v) is 3.62. The van der Waals surface area contributed by atoms with Crippen molar-refractivity contribution in [3.05, 3.63) is 70.5 Å². The monoisotopic (exact) mass is 313 g/mol. The molecule has 122 valence electrons. The SMILES string of the molecule is CNC[C@H](O)CC[C@H]1Cc2cc(F)ccc2Cc2ccccc21. The highest BCUT2D eigenvalue weighted by Crippen LogP contribution is 2.35. The van der Waals surface area contributed by atoms with Gasteiger partial charge in [0.2, 0.25) is 0 Å². The first kappa shape index (κ1) is 16.2. The van der Waals surface area contributed by atoms with Gasteiger partial charge in [-0.25, -0.2) is 4.39 Å². The van der Waals surface area contributed by atoms with E-state index in [-0.39, 0.29) is 11.9 Å². The number of aliphatic hydroxyl groups is 1. The topological polar surface area (TPSA) is 32.3 Å². The molecule has 2 nitrogen and oxygen atoms in total. The van der Waals surface area contributed by atoms with Crippen molar-refractivity contribution in [2.24, 2.45) is 0 Å². The number of fused-ring (bicyclic) bond motifs is 2. The average molecular weight is 313 g/mol. The Morgan fingerprint density at radius 2 is 2.00 bits per heavy atom. The minimum Gasteiger partial charge on any atom is -0.392 e. The van der Waals surface area contributed by atoms with E-state index in [9.17, 15) is 9.50 Å². The van der Waals surface area contributed by atoms with Gasteiger partial charge < -0.3 is 10.4 Å². The number of aliphatic hydroxyl groups excluding tert-OH is 1. The number of rotatable bonds is 5. The van der Waals surface area contributed by atoms with Gasteiger partial charge in [-0.05, 0) is 73.0 Å². The lowest BCUT2D eigenvalue weighted by Crippen LogP contribution is -2.24. The number of hydrogen-bond acceptors (Lipinski definition) is 2. The van der Waals surface area contributed by atoms with Gasteiger partial charge in [-0.15, -0.1) is 0 Å². The number of likely N-dealkylation sites (N-methyl/N-ethyl adjacent to an activating group) is 1. The van der Waals surface area contributed by atoms with Crippen molar-refractivity contribution in [1.29, 1.82) is 0 Å². The van der Waals surface area contributed by atoms with Crippen LogP contribution in [0.1, 0.15) is 41.0 Å². The van der Waals surface area contributed by atoms with Gasteiger partial charge in [-0.2, -0.15) is 0 Å². The van der Waals surface area contributed by atoms with E-state index in [1.54, 1.807) is 12.1 Å². The van der Waals surface area contributed by atoms with Gasteiger partial charge in [-0.1, -0.05) is 30.3 Å². The van der Waals surface area contributed by atoms with Gasteiger partial charge in [0.1, 0.15) is 5.82 Å². The molecule has 0 aliphatic heterocycles. The molecule has 0 spiro atoms. The molecule has 0 unspecified atom stereocenters. The summed E-state index contributed by atoms with van der Waals surface area (Å²) >= 11 is 0. The van der Waals surface area contributed by atoms with Crippen LogP contribution in [0, 0.1) is 5.82 Å². The van der Waals surface area contributed by atoms with E-state index in [0.717, 1.165) is 31.2 Å². The summed E-state index contributed by atoms with van der Waals surface area (Å²) in [5.74, 6) is 0.171. The minimum atomic E-state index is -0.331. The fraction of sp³-hybridized carbons (Fsp3) is 0.400. The Morgan fingerprint density at radius 1 is 1.17 bits per heavy atom. The molecule has 1 aliphatic carbocycles. The Kier molecular flexibility index (Phi) is 5.09. The quantitative estimate of drug-likeness (QED) is 0.886. The van der Waals surface area contributed by atoms with Gasteiger partial charge in [-0.3, -0.25) is 0 Å². The number of nitrogens with one attached hydrogen (secondary N) is 1. The van der Waals surface area contributed by atoms with Gasteiger partial charge >= 0.3 is 0 Å². The second-order valence-corrected chi connectivity index (χ2v) is 6.48. The van der Waals surface area contributed by atoms with E-state index >= 15 is 0 Å². The summed E-state index contributed by atoms with van der Waals surface area (Å²) in [6.45, 7) is 0.611. The summed E-state index contributed by atoms with van der Waals surface area (Å²) in [6, 6.07) is 13.7. The van der Waals surface area contributed by atoms with Crippen LogP contribution in [0.25, 0.3) is 0 Å². The highest BCUT2D eigenvalue weighted by molar-refractivity contribution is 5.42. The summed E-state index contributed by atoms with van der Waals surface area (Å²) in [6.07, 6.45) is 3.04. The van der Waals surface area contributed by atoms with Crippen LogP contribution >= 0.6 is 0 Å². The molecule has 3 rings (SSSR count). The molecule has 0 aromatic heterocycles. The first-order valence-electron chi connectivity index (χ1n) is 8.35. The van der Waals surface area contributed by atoms with Crippen molar-refractivity contribution >= 4 is 0 Å². The lowest BCUT2D eigenvalue weighted by Gasteiger charge is -2.20. The first-order chi connectivity index (χ1) is 11.2. The fourth-order valence-electron chi connectivity index (χ4n) is 3.62. The summed E-state index contributed by atoms with van der Waals surface area (Å²) in [5, 5.41) is 13.0. The van der Waals surface area contributed by atoms with Crippen molar-refractivity contribution in [2.75, 3.05) is 13.6 Å². The van der Waals surface area contributed by atoms with E-state index < -0.39 is 0 Å². The van der Waals surface area contributed by atoms with E-state index in [2.05, 4.69) is 29.6 Å². The Morgan fingerprint density at radius 3 is 2.83 bits per heavy atom. The molecular weight excluding hydrogens is 289 g/mol. The predicted molar refractivity (Wildman–Crippen MR) is 91.3 cm³/mol. The molecule has 0 saturated heterocycles. The number of hydrogen-bond donors (Lipinski definition) is 2. The molecule has 2 N–H and O–H groups in total. The van der Waals surface area contributed by atoms with Gasteiger partial charge in [0.15, 0.2) is 0 Å². The molecular formula is C20H24FNO. The average Bonchev–Trinajstić information content (AvgIpc) is 2.69. The van der Waals surface area contributed by atoms with Crippen molar-refractivity contribution in [2.45, 2.75) is 37.7 Å². The third-order valence-electron chi connectivity index (χ3n) is 4.80. The molecule has 0 bridgehead atoms. The molecule has 2 aromatic carbocycles. The summed E-state index contributed by atoms with van der Waals surface area (Å²) in [5.41, 5.74) is 5.00. The second kappa shape index (κ2) is 7.24. The van der Waals surface area contributed by atoms with Crippen molar-refractivity contribution < 1.29 is 9.50 Å². The number of halogens is 1. The molecule has 3 heteroatoms. The zero-order valence-electron chi connectivity index (χ0n) is 13.6. The lowest BCUT2D eigenvalue weighted by molar-refractivity contribution is 0.158. The summed E-state index contributed by atoms with van der Waals surface area (Å²) in [4.78, 5) is 0. The van der Waals surface area contributed by atoms with E-state index in [0.29, 0.717) is 12.5 Å². The molecule has 1 aliphatic rings. The molecule has 2 atom stereocenters. The predicted octanol–water partition coefficient (Wildman–Crippen LogP) is 3.42. The largest absolute Gasteiger partial charge is 0.392 e. The van der Waals surface area contributed by atoms with Gasteiger partial charge in [0.25, 0.3) is 0 Å². The van der Waals surface area contributed by atoms with Crippen LogP contribution < -0.4 is 5.32 Å². The third-order valence-corrected chi connectivity index (χ3v) is 4.80. The maximum atomic E-state index is 13.6. The van der Waals surface area contributed by atoms with Crippen LogP contribution in [0.5, 0.6) is 0 Å². The minimum absolute atomic E-state index is 0.163. The van der Waals surface area contributed by atoms with Gasteiger partial charge in [0, 0.05) is 6.54 Å². The van der Waals surface area contributed by atoms with Crippen LogP contribution in [0.15, 0.2) is 42.5 Å². The Bertz CT molecular complexity index is 670. The smallest absolute Gasteiger partial charge is 0.123 e. The Hall–Kier alpha value is -1.71. The van der Waals surface area contributed by atoms with Crippen LogP contribution in [0.4, 0.5) is 4.39 Å². The van der Waals surface area contributed by atoms with Crippen LogP contribution in [-0.4, -0.2) is 24.8 Å². The third kappa shape index (κ3) is 3.80. The maximum absolute atomic E-state index is 13.6. The molecule has 0 heterocycles. The number of benzene rings is 2. The Balaban J connectivity index is 1.88. The van der Waals surface area contributed by atoms with E-state index in [4.69, 9.17) is 0 Å². The van der Waals surface area contributed by atoms with Crippen LogP contribution in [0.3, 0.4) is 0 Å². The molecule has 0 amide bonds. The Labute approximate surface area is 137 Å². The highest BCUT2D eigenvalue weighted by Gasteiger charge is 2.22. The lowest BCUT2D eigenvalue weighted by atomic mass is 9.87. The first-order valence-corrected chi connectivity index (χ1v) is 8.35. The summed E-state index contributed by atoms with van der Waals surface area (Å²) in [7, 11) is 1.85. The standard InChI is InChI=1S/C20H24FNO/c1-22-13-19(23)9-7-16-11-17-12-18(21)8-6-14(17)10-15-4-2-3-5-20(15)16/h2-6,8,12,16,19,22-23H,7,9-11,13H2,1H3/t16-,19+/m0/s1. The van der Waals surface area contributed by atoms with Crippen LogP contribution in [-0.2, 0) is 12.8 Å². The molecule has 2 aromatic rings. The van der Waals surface area contributed by atoms with Crippen molar-refractivity contribution in [1.82, 2.24) is 5.32 Å². The molecule has 0 saturated carbocycles. The zero-order chi connectivity index (χ0) is 16.2.